The monoisotopic (exact) mass is 189 g/mol. The van der Waals surface area contributed by atoms with Crippen LogP contribution in [0.5, 0.6) is 0 Å². The molecule has 72 valence electrons. The van der Waals surface area contributed by atoms with E-state index in [2.05, 4.69) is 20.8 Å². The fourth-order valence-corrected chi connectivity index (χ4v) is 3.15. The van der Waals surface area contributed by atoms with Gasteiger partial charge in [0.05, 0.1) is 0 Å². The maximum Gasteiger partial charge on any atom is 0.0208 e. The zero-order valence-electron chi connectivity index (χ0n) is 8.26. The first kappa shape index (κ1) is 10.3. The summed E-state index contributed by atoms with van der Waals surface area (Å²) in [5, 5.41) is 0. The van der Waals surface area contributed by atoms with Crippen molar-refractivity contribution in [2.45, 2.75) is 45.6 Å². The highest BCUT2D eigenvalue weighted by Gasteiger charge is 2.58. The lowest BCUT2D eigenvalue weighted by molar-refractivity contribution is 0.102. The minimum Gasteiger partial charge on any atom is -0.325 e. The lowest BCUT2D eigenvalue weighted by Crippen LogP contribution is -2.54. The molecule has 0 radical (unpaired) electrons. The second kappa shape index (κ2) is 2.62. The Hall–Kier alpha value is 0.250. The van der Waals surface area contributed by atoms with Crippen molar-refractivity contribution in [2.75, 3.05) is 0 Å². The molecule has 0 aromatic rings. The summed E-state index contributed by atoms with van der Waals surface area (Å²) in [5.41, 5.74) is 6.83. The van der Waals surface area contributed by atoms with Crippen LogP contribution in [0.2, 0.25) is 0 Å². The fourth-order valence-electron chi connectivity index (χ4n) is 3.15. The zero-order valence-corrected chi connectivity index (χ0v) is 9.08. The van der Waals surface area contributed by atoms with Gasteiger partial charge in [0.15, 0.2) is 0 Å². The largest absolute Gasteiger partial charge is 0.325 e. The highest BCUT2D eigenvalue weighted by Crippen LogP contribution is 2.59. The number of nitrogens with two attached hydrogens (primary N) is 1. The molecule has 0 heterocycles. The molecule has 12 heavy (non-hydrogen) atoms. The molecule has 1 nitrogen and oxygen atoms in total. The van der Waals surface area contributed by atoms with E-state index in [1.165, 1.54) is 19.3 Å². The number of hydrogen-bond donors (Lipinski definition) is 1. The summed E-state index contributed by atoms with van der Waals surface area (Å²) in [5.74, 6) is 1.71. The van der Waals surface area contributed by atoms with Crippen LogP contribution in [0.25, 0.3) is 0 Å². The molecule has 0 amide bonds. The lowest BCUT2D eigenvalue weighted by Gasteiger charge is -2.45. The first-order valence-corrected chi connectivity index (χ1v) is 4.75. The van der Waals surface area contributed by atoms with Crippen LogP contribution in [0.3, 0.4) is 0 Å². The summed E-state index contributed by atoms with van der Waals surface area (Å²) in [4.78, 5) is 0. The van der Waals surface area contributed by atoms with Crippen LogP contribution >= 0.6 is 12.4 Å². The average molecular weight is 190 g/mol. The molecule has 2 aliphatic rings. The van der Waals surface area contributed by atoms with Crippen molar-refractivity contribution in [2.24, 2.45) is 23.0 Å². The number of rotatable bonds is 0. The Balaban J connectivity index is 0.000000720. The Morgan fingerprint density at radius 3 is 1.83 bits per heavy atom. The van der Waals surface area contributed by atoms with Gasteiger partial charge in [-0.3, -0.25) is 0 Å². The molecule has 0 aromatic heterocycles. The molecule has 3 atom stereocenters. The molecule has 0 aromatic carbocycles. The summed E-state index contributed by atoms with van der Waals surface area (Å²) >= 11 is 0. The number of hydrogen-bond acceptors (Lipinski definition) is 1. The predicted octanol–water partition coefficient (Wildman–Crippen LogP) is 2.58. The van der Waals surface area contributed by atoms with E-state index in [9.17, 15) is 0 Å². The van der Waals surface area contributed by atoms with Crippen LogP contribution in [0, 0.1) is 17.3 Å². The summed E-state index contributed by atoms with van der Waals surface area (Å²) in [6.45, 7) is 6.94. The molecule has 0 saturated heterocycles. The normalized spacial score (nSPS) is 49.0. The van der Waals surface area contributed by atoms with Crippen LogP contribution in [0.1, 0.15) is 40.0 Å². The fraction of sp³-hybridized carbons (Fsp3) is 1.00. The second-order valence-electron chi connectivity index (χ2n) is 5.21. The van der Waals surface area contributed by atoms with Gasteiger partial charge in [-0.1, -0.05) is 13.8 Å². The Labute approximate surface area is 81.5 Å². The molecule has 2 bridgehead atoms. The van der Waals surface area contributed by atoms with Gasteiger partial charge in [-0.15, -0.1) is 12.4 Å². The van der Waals surface area contributed by atoms with E-state index in [-0.39, 0.29) is 17.9 Å². The molecular formula is C10H20ClN. The van der Waals surface area contributed by atoms with E-state index >= 15 is 0 Å². The van der Waals surface area contributed by atoms with Crippen molar-refractivity contribution < 1.29 is 0 Å². The minimum absolute atomic E-state index is 0. The molecule has 2 N–H and O–H groups in total. The standard InChI is InChI=1S/C10H19N.ClH/c1-9(2)7-4-5-8(6-7)10(9,3)11;/h7-8H,4-6,11H2,1-3H3;1H. The average Bonchev–Trinajstić information content (AvgIpc) is 2.37. The third-order valence-electron chi connectivity index (χ3n) is 4.69. The summed E-state index contributed by atoms with van der Waals surface area (Å²) in [6.07, 6.45) is 4.19. The van der Waals surface area contributed by atoms with E-state index < -0.39 is 0 Å². The second-order valence-corrected chi connectivity index (χ2v) is 5.21. The Morgan fingerprint density at radius 2 is 1.58 bits per heavy atom. The number of halogens is 1. The van der Waals surface area contributed by atoms with Gasteiger partial charge in [0.25, 0.3) is 0 Å². The molecular weight excluding hydrogens is 170 g/mol. The van der Waals surface area contributed by atoms with Crippen molar-refractivity contribution >= 4 is 12.4 Å². The van der Waals surface area contributed by atoms with Crippen LogP contribution < -0.4 is 5.73 Å². The third-order valence-corrected chi connectivity index (χ3v) is 4.69. The predicted molar refractivity (Wildman–Crippen MR) is 54.5 cm³/mol. The van der Waals surface area contributed by atoms with Crippen molar-refractivity contribution in [1.82, 2.24) is 0 Å². The SMILES string of the molecule is CC1(C)C2CCC(C2)C1(C)N.Cl. The maximum atomic E-state index is 6.34. The highest BCUT2D eigenvalue weighted by atomic mass is 35.5. The van der Waals surface area contributed by atoms with Gasteiger partial charge >= 0.3 is 0 Å². The quantitative estimate of drug-likeness (QED) is 0.623. The molecule has 2 rings (SSSR count). The smallest absolute Gasteiger partial charge is 0.0208 e. The summed E-state index contributed by atoms with van der Waals surface area (Å²) in [6, 6.07) is 0. The van der Waals surface area contributed by atoms with Gasteiger partial charge in [-0.05, 0) is 43.4 Å². The van der Waals surface area contributed by atoms with Crippen LogP contribution in [0.15, 0.2) is 0 Å². The minimum atomic E-state index is 0. The molecule has 0 spiro atoms. The Kier molecular flexibility index (Phi) is 2.25. The van der Waals surface area contributed by atoms with Gasteiger partial charge in [0.2, 0.25) is 0 Å². The highest BCUT2D eigenvalue weighted by molar-refractivity contribution is 5.85. The third kappa shape index (κ3) is 0.958. The lowest BCUT2D eigenvalue weighted by atomic mass is 9.65. The van der Waals surface area contributed by atoms with Gasteiger partial charge < -0.3 is 5.73 Å². The number of fused-ring (bicyclic) bond motifs is 2. The van der Waals surface area contributed by atoms with Crippen LogP contribution in [-0.4, -0.2) is 5.54 Å². The molecule has 3 unspecified atom stereocenters. The van der Waals surface area contributed by atoms with E-state index in [1.807, 2.05) is 0 Å². The molecule has 2 aliphatic carbocycles. The first-order chi connectivity index (χ1) is 4.96. The van der Waals surface area contributed by atoms with Crippen molar-refractivity contribution in [3.8, 4) is 0 Å². The molecule has 2 saturated carbocycles. The zero-order chi connectivity index (χ0) is 8.28. The molecule has 0 aliphatic heterocycles. The topological polar surface area (TPSA) is 26.0 Å². The van der Waals surface area contributed by atoms with Crippen LogP contribution in [-0.2, 0) is 0 Å². The van der Waals surface area contributed by atoms with E-state index in [4.69, 9.17) is 5.73 Å². The molecule has 2 fully saturated rings. The van der Waals surface area contributed by atoms with E-state index in [1.54, 1.807) is 0 Å². The van der Waals surface area contributed by atoms with Crippen molar-refractivity contribution in [3.63, 3.8) is 0 Å². The Bertz CT molecular complexity index is 166. The first-order valence-electron chi connectivity index (χ1n) is 4.75. The van der Waals surface area contributed by atoms with Gasteiger partial charge in [-0.25, -0.2) is 0 Å². The van der Waals surface area contributed by atoms with Gasteiger partial charge in [-0.2, -0.15) is 0 Å². The van der Waals surface area contributed by atoms with Crippen LogP contribution in [0.4, 0.5) is 0 Å². The van der Waals surface area contributed by atoms with Gasteiger partial charge in [0, 0.05) is 5.54 Å². The van der Waals surface area contributed by atoms with E-state index in [0.29, 0.717) is 5.41 Å². The van der Waals surface area contributed by atoms with Gasteiger partial charge in [0.1, 0.15) is 0 Å². The van der Waals surface area contributed by atoms with E-state index in [0.717, 1.165) is 11.8 Å². The maximum absolute atomic E-state index is 6.34. The summed E-state index contributed by atoms with van der Waals surface area (Å²) < 4.78 is 0. The summed E-state index contributed by atoms with van der Waals surface area (Å²) in [7, 11) is 0. The molecule has 2 heteroatoms. The van der Waals surface area contributed by atoms with Crippen molar-refractivity contribution in [1.29, 1.82) is 0 Å². The van der Waals surface area contributed by atoms with Crippen molar-refractivity contribution in [3.05, 3.63) is 0 Å². The Morgan fingerprint density at radius 1 is 1.08 bits per heavy atom.